The number of rotatable bonds is 4. The lowest BCUT2D eigenvalue weighted by Crippen LogP contribution is -2.29. The molecular formula is C17H17NO5. The SMILES string of the molecule is COCCn1c(C)cc(O)c(C2OC(=O)c3ccccc32)c1=O. The molecule has 23 heavy (non-hydrogen) atoms. The lowest BCUT2D eigenvalue weighted by Gasteiger charge is -2.17. The van der Waals surface area contributed by atoms with E-state index in [1.54, 1.807) is 38.3 Å². The van der Waals surface area contributed by atoms with Gasteiger partial charge in [0, 0.05) is 24.9 Å². The van der Waals surface area contributed by atoms with Gasteiger partial charge in [0.2, 0.25) is 0 Å². The standard InChI is InChI=1S/C17H17NO5/c1-10-9-13(19)14(16(20)18(10)7-8-22-2)15-11-5-3-4-6-12(11)17(21)23-15/h3-6,9,15,19H,7-8H2,1-2H3. The zero-order valence-corrected chi connectivity index (χ0v) is 12.9. The molecule has 0 spiro atoms. The molecule has 0 radical (unpaired) electrons. The molecule has 6 nitrogen and oxygen atoms in total. The van der Waals surface area contributed by atoms with Gasteiger partial charge < -0.3 is 19.1 Å². The molecular weight excluding hydrogens is 298 g/mol. The number of benzene rings is 1. The monoisotopic (exact) mass is 315 g/mol. The minimum Gasteiger partial charge on any atom is -0.507 e. The molecule has 0 bridgehead atoms. The van der Waals surface area contributed by atoms with Crippen LogP contribution < -0.4 is 5.56 Å². The van der Waals surface area contributed by atoms with Gasteiger partial charge >= 0.3 is 5.97 Å². The highest BCUT2D eigenvalue weighted by Crippen LogP contribution is 2.37. The van der Waals surface area contributed by atoms with Gasteiger partial charge in [-0.15, -0.1) is 0 Å². The minimum absolute atomic E-state index is 0.0741. The number of aromatic hydroxyl groups is 1. The van der Waals surface area contributed by atoms with E-state index in [1.165, 1.54) is 10.6 Å². The maximum Gasteiger partial charge on any atom is 0.339 e. The molecule has 1 aromatic carbocycles. The fourth-order valence-corrected chi connectivity index (χ4v) is 2.84. The van der Waals surface area contributed by atoms with E-state index in [0.717, 1.165) is 0 Å². The average Bonchev–Trinajstić information content (AvgIpc) is 2.84. The van der Waals surface area contributed by atoms with E-state index in [2.05, 4.69) is 0 Å². The molecule has 0 fully saturated rings. The summed E-state index contributed by atoms with van der Waals surface area (Å²) in [6.07, 6.45) is -0.888. The van der Waals surface area contributed by atoms with Crippen LogP contribution in [0.15, 0.2) is 35.1 Å². The fraction of sp³-hybridized carbons (Fsp3) is 0.294. The van der Waals surface area contributed by atoms with E-state index in [-0.39, 0.29) is 16.9 Å². The normalized spacial score (nSPS) is 16.3. The number of aryl methyl sites for hydroxylation is 1. The Labute approximate surface area is 132 Å². The molecule has 1 N–H and O–H groups in total. The molecule has 0 saturated heterocycles. The van der Waals surface area contributed by atoms with Crippen molar-refractivity contribution in [3.05, 3.63) is 63.1 Å². The summed E-state index contributed by atoms with van der Waals surface area (Å²) in [6.45, 7) is 2.46. The number of hydrogen-bond donors (Lipinski definition) is 1. The molecule has 0 saturated carbocycles. The van der Waals surface area contributed by atoms with Crippen LogP contribution in [0.1, 0.15) is 33.3 Å². The second-order valence-electron chi connectivity index (χ2n) is 5.41. The lowest BCUT2D eigenvalue weighted by molar-refractivity contribution is 0.0449. The predicted molar refractivity (Wildman–Crippen MR) is 82.7 cm³/mol. The van der Waals surface area contributed by atoms with Crippen molar-refractivity contribution in [1.29, 1.82) is 0 Å². The third kappa shape index (κ3) is 2.51. The highest BCUT2D eigenvalue weighted by Gasteiger charge is 2.35. The Hall–Kier alpha value is -2.60. The third-order valence-corrected chi connectivity index (χ3v) is 3.99. The summed E-state index contributed by atoms with van der Waals surface area (Å²) in [6, 6.07) is 8.37. The van der Waals surface area contributed by atoms with Crippen molar-refractivity contribution >= 4 is 5.97 Å². The number of nitrogens with zero attached hydrogens (tertiary/aromatic N) is 1. The third-order valence-electron chi connectivity index (χ3n) is 3.99. The lowest BCUT2D eigenvalue weighted by atomic mass is 9.99. The molecule has 3 rings (SSSR count). The van der Waals surface area contributed by atoms with Crippen LogP contribution >= 0.6 is 0 Å². The van der Waals surface area contributed by atoms with Crippen molar-refractivity contribution in [1.82, 2.24) is 4.57 Å². The number of esters is 1. The Morgan fingerprint density at radius 1 is 1.30 bits per heavy atom. The van der Waals surface area contributed by atoms with E-state index in [0.29, 0.717) is 30.0 Å². The number of carbonyl (C=O) groups excluding carboxylic acids is 1. The van der Waals surface area contributed by atoms with Crippen molar-refractivity contribution in [2.45, 2.75) is 19.6 Å². The van der Waals surface area contributed by atoms with Gasteiger partial charge in [0.1, 0.15) is 11.3 Å². The molecule has 1 unspecified atom stereocenters. The summed E-state index contributed by atoms with van der Waals surface area (Å²) < 4.78 is 11.9. The number of cyclic esters (lactones) is 1. The van der Waals surface area contributed by atoms with E-state index < -0.39 is 12.1 Å². The first kappa shape index (κ1) is 15.3. The quantitative estimate of drug-likeness (QED) is 0.870. The van der Waals surface area contributed by atoms with Crippen molar-refractivity contribution in [3.8, 4) is 5.75 Å². The van der Waals surface area contributed by atoms with Gasteiger partial charge in [0.15, 0.2) is 6.10 Å². The smallest absolute Gasteiger partial charge is 0.339 e. The molecule has 2 aromatic rings. The highest BCUT2D eigenvalue weighted by molar-refractivity contribution is 5.94. The van der Waals surface area contributed by atoms with E-state index in [4.69, 9.17) is 9.47 Å². The van der Waals surface area contributed by atoms with E-state index >= 15 is 0 Å². The second-order valence-corrected chi connectivity index (χ2v) is 5.41. The number of hydrogen-bond acceptors (Lipinski definition) is 5. The maximum atomic E-state index is 12.8. The van der Waals surface area contributed by atoms with Crippen LogP contribution in [0.2, 0.25) is 0 Å². The van der Waals surface area contributed by atoms with Crippen LogP contribution in [-0.2, 0) is 16.0 Å². The Balaban J connectivity index is 2.14. The van der Waals surface area contributed by atoms with Crippen molar-refractivity contribution < 1.29 is 19.4 Å². The second kappa shape index (κ2) is 5.89. The fourth-order valence-electron chi connectivity index (χ4n) is 2.84. The van der Waals surface area contributed by atoms with Gasteiger partial charge in [-0.1, -0.05) is 18.2 Å². The zero-order valence-electron chi connectivity index (χ0n) is 12.9. The van der Waals surface area contributed by atoms with Crippen LogP contribution in [0.4, 0.5) is 0 Å². The Morgan fingerprint density at radius 2 is 2.04 bits per heavy atom. The van der Waals surface area contributed by atoms with Gasteiger partial charge in [0.05, 0.1) is 12.2 Å². The average molecular weight is 315 g/mol. The van der Waals surface area contributed by atoms with E-state index in [9.17, 15) is 14.7 Å². The van der Waals surface area contributed by atoms with Gasteiger partial charge in [0.25, 0.3) is 5.56 Å². The van der Waals surface area contributed by atoms with Crippen molar-refractivity contribution in [2.75, 3.05) is 13.7 Å². The van der Waals surface area contributed by atoms with Crippen LogP contribution in [0, 0.1) is 6.92 Å². The first-order valence-electron chi connectivity index (χ1n) is 7.26. The summed E-state index contributed by atoms with van der Waals surface area (Å²) in [7, 11) is 1.55. The Morgan fingerprint density at radius 3 is 2.78 bits per heavy atom. The Bertz CT molecular complexity index is 824. The number of ether oxygens (including phenoxy) is 2. The first-order valence-corrected chi connectivity index (χ1v) is 7.26. The van der Waals surface area contributed by atoms with Gasteiger partial charge in [-0.2, -0.15) is 0 Å². The topological polar surface area (TPSA) is 77.8 Å². The van der Waals surface area contributed by atoms with Crippen molar-refractivity contribution in [3.63, 3.8) is 0 Å². The molecule has 1 aliphatic rings. The molecule has 0 aliphatic carbocycles. The number of methoxy groups -OCH3 is 1. The minimum atomic E-state index is -0.888. The molecule has 1 aromatic heterocycles. The van der Waals surface area contributed by atoms with Crippen LogP contribution in [0.25, 0.3) is 0 Å². The van der Waals surface area contributed by atoms with Gasteiger partial charge in [-0.3, -0.25) is 4.79 Å². The molecule has 6 heteroatoms. The van der Waals surface area contributed by atoms with Crippen LogP contribution in [-0.4, -0.2) is 29.4 Å². The summed E-state index contributed by atoms with van der Waals surface area (Å²) in [4.78, 5) is 24.7. The van der Waals surface area contributed by atoms with Gasteiger partial charge in [-0.05, 0) is 19.1 Å². The van der Waals surface area contributed by atoms with Crippen LogP contribution in [0.5, 0.6) is 5.75 Å². The number of pyridine rings is 1. The summed E-state index contributed by atoms with van der Waals surface area (Å²) in [5, 5.41) is 10.3. The molecule has 1 atom stereocenters. The molecule has 2 heterocycles. The largest absolute Gasteiger partial charge is 0.507 e. The van der Waals surface area contributed by atoms with Gasteiger partial charge in [-0.25, -0.2) is 4.79 Å². The predicted octanol–water partition coefficient (Wildman–Crippen LogP) is 1.77. The van der Waals surface area contributed by atoms with Crippen molar-refractivity contribution in [2.24, 2.45) is 0 Å². The van der Waals surface area contributed by atoms with Crippen LogP contribution in [0.3, 0.4) is 0 Å². The summed E-state index contributed by atoms with van der Waals surface area (Å²) in [5.74, 6) is -0.663. The number of aromatic nitrogens is 1. The summed E-state index contributed by atoms with van der Waals surface area (Å²) in [5.41, 5.74) is 1.32. The first-order chi connectivity index (χ1) is 11.0. The highest BCUT2D eigenvalue weighted by atomic mass is 16.5. The number of fused-ring (bicyclic) bond motifs is 1. The van der Waals surface area contributed by atoms with E-state index in [1.807, 2.05) is 0 Å². The molecule has 1 aliphatic heterocycles. The zero-order chi connectivity index (χ0) is 16.6. The number of carbonyl (C=O) groups is 1. The Kier molecular flexibility index (Phi) is 3.92. The maximum absolute atomic E-state index is 12.8. The molecule has 120 valence electrons. The summed E-state index contributed by atoms with van der Waals surface area (Å²) >= 11 is 0. The molecule has 0 amide bonds.